The number of morpholine rings is 1. The second-order valence-corrected chi connectivity index (χ2v) is 3.94. The third kappa shape index (κ3) is 2.51. The van der Waals surface area contributed by atoms with E-state index in [1.807, 2.05) is 0 Å². The summed E-state index contributed by atoms with van der Waals surface area (Å²) in [5.74, 6) is -0.647. The number of hydrogen-bond donors (Lipinski definition) is 0. The van der Waals surface area contributed by atoms with Gasteiger partial charge in [-0.1, -0.05) is 12.1 Å². The van der Waals surface area contributed by atoms with Crippen LogP contribution in [0.2, 0.25) is 0 Å². The number of amides is 1. The summed E-state index contributed by atoms with van der Waals surface area (Å²) in [6.45, 7) is 2.17. The van der Waals surface area contributed by atoms with Crippen LogP contribution in [0.5, 0.6) is 0 Å². The molecule has 0 spiro atoms. The number of nitrogens with zero attached hydrogens (tertiary/aromatic N) is 1. The van der Waals surface area contributed by atoms with Crippen molar-refractivity contribution in [3.63, 3.8) is 0 Å². The minimum atomic E-state index is -0.493. The Morgan fingerprint density at radius 3 is 2.39 bits per heavy atom. The van der Waals surface area contributed by atoms with Gasteiger partial charge in [0.05, 0.1) is 31.5 Å². The molecule has 5 nitrogen and oxygen atoms in total. The van der Waals surface area contributed by atoms with Crippen molar-refractivity contribution in [2.24, 2.45) is 0 Å². The zero-order chi connectivity index (χ0) is 13.0. The zero-order valence-corrected chi connectivity index (χ0v) is 10.2. The van der Waals surface area contributed by atoms with Gasteiger partial charge >= 0.3 is 5.97 Å². The monoisotopic (exact) mass is 249 g/mol. The summed E-state index contributed by atoms with van der Waals surface area (Å²) >= 11 is 0. The first-order valence-corrected chi connectivity index (χ1v) is 5.78. The number of carbonyl (C=O) groups excluding carboxylic acids is 2. The van der Waals surface area contributed by atoms with Crippen molar-refractivity contribution in [3.8, 4) is 0 Å². The summed E-state index contributed by atoms with van der Waals surface area (Å²) in [4.78, 5) is 25.6. The molecule has 0 unspecified atom stereocenters. The minimum absolute atomic E-state index is 0.153. The van der Waals surface area contributed by atoms with Crippen LogP contribution >= 0.6 is 0 Å². The molecule has 0 aromatic heterocycles. The van der Waals surface area contributed by atoms with E-state index in [0.717, 1.165) is 0 Å². The van der Waals surface area contributed by atoms with E-state index >= 15 is 0 Å². The lowest BCUT2D eigenvalue weighted by atomic mass is 10.1. The average molecular weight is 249 g/mol. The molecule has 96 valence electrons. The average Bonchev–Trinajstić information content (AvgIpc) is 2.46. The van der Waals surface area contributed by atoms with Gasteiger partial charge in [0.15, 0.2) is 0 Å². The van der Waals surface area contributed by atoms with Crippen LogP contribution in [0, 0.1) is 0 Å². The normalized spacial score (nSPS) is 15.3. The predicted octanol–water partition coefficient (Wildman–Crippen LogP) is 0.946. The van der Waals surface area contributed by atoms with E-state index in [1.54, 1.807) is 29.2 Å². The van der Waals surface area contributed by atoms with E-state index in [9.17, 15) is 9.59 Å². The molecule has 1 aliphatic rings. The van der Waals surface area contributed by atoms with Crippen molar-refractivity contribution in [3.05, 3.63) is 35.4 Å². The molecular weight excluding hydrogens is 234 g/mol. The first kappa shape index (κ1) is 12.6. The standard InChI is InChI=1S/C13H15NO4/c1-17-13(16)11-5-3-2-4-10(11)12(15)14-6-8-18-9-7-14/h2-5H,6-9H2,1H3. The molecule has 0 atom stereocenters. The van der Waals surface area contributed by atoms with Crippen LogP contribution < -0.4 is 0 Å². The molecular formula is C13H15NO4. The number of hydrogen-bond acceptors (Lipinski definition) is 4. The van der Waals surface area contributed by atoms with E-state index in [1.165, 1.54) is 7.11 Å². The van der Waals surface area contributed by atoms with Gasteiger partial charge in [-0.25, -0.2) is 4.79 Å². The lowest BCUT2D eigenvalue weighted by molar-refractivity contribution is 0.0299. The van der Waals surface area contributed by atoms with E-state index in [2.05, 4.69) is 4.74 Å². The first-order chi connectivity index (χ1) is 8.74. The Kier molecular flexibility index (Phi) is 3.94. The molecule has 2 rings (SSSR count). The molecule has 18 heavy (non-hydrogen) atoms. The van der Waals surface area contributed by atoms with Crippen LogP contribution in [0.4, 0.5) is 0 Å². The molecule has 5 heteroatoms. The smallest absolute Gasteiger partial charge is 0.338 e. The van der Waals surface area contributed by atoms with Crippen LogP contribution in [0.25, 0.3) is 0 Å². The predicted molar refractivity (Wildman–Crippen MR) is 64.5 cm³/mol. The van der Waals surface area contributed by atoms with Gasteiger partial charge in [-0.3, -0.25) is 4.79 Å². The second kappa shape index (κ2) is 5.64. The minimum Gasteiger partial charge on any atom is -0.465 e. The van der Waals surface area contributed by atoms with E-state index < -0.39 is 5.97 Å². The molecule has 1 heterocycles. The first-order valence-electron chi connectivity index (χ1n) is 5.78. The van der Waals surface area contributed by atoms with Crippen molar-refractivity contribution in [1.29, 1.82) is 0 Å². The number of ether oxygens (including phenoxy) is 2. The van der Waals surface area contributed by atoms with E-state index in [0.29, 0.717) is 37.4 Å². The highest BCUT2D eigenvalue weighted by molar-refractivity contribution is 6.05. The van der Waals surface area contributed by atoms with Gasteiger partial charge in [0.2, 0.25) is 0 Å². The van der Waals surface area contributed by atoms with Crippen LogP contribution in [-0.4, -0.2) is 50.2 Å². The maximum absolute atomic E-state index is 12.3. The van der Waals surface area contributed by atoms with E-state index in [-0.39, 0.29) is 5.91 Å². The number of methoxy groups -OCH3 is 1. The fourth-order valence-corrected chi connectivity index (χ4v) is 1.89. The van der Waals surface area contributed by atoms with Gasteiger partial charge in [-0.2, -0.15) is 0 Å². The highest BCUT2D eigenvalue weighted by atomic mass is 16.5. The molecule has 0 N–H and O–H groups in total. The fourth-order valence-electron chi connectivity index (χ4n) is 1.89. The van der Waals surface area contributed by atoms with Gasteiger partial charge in [0.1, 0.15) is 0 Å². The van der Waals surface area contributed by atoms with Crippen LogP contribution in [0.15, 0.2) is 24.3 Å². The van der Waals surface area contributed by atoms with Gasteiger partial charge in [-0.05, 0) is 12.1 Å². The lowest BCUT2D eigenvalue weighted by Crippen LogP contribution is -2.41. The van der Waals surface area contributed by atoms with Crippen molar-refractivity contribution in [2.75, 3.05) is 33.4 Å². The maximum Gasteiger partial charge on any atom is 0.338 e. The molecule has 1 aromatic carbocycles. The molecule has 0 saturated carbocycles. The number of esters is 1. The Hall–Kier alpha value is -1.88. The SMILES string of the molecule is COC(=O)c1ccccc1C(=O)N1CCOCC1. The Balaban J connectivity index is 2.26. The number of benzene rings is 1. The summed E-state index contributed by atoms with van der Waals surface area (Å²) in [5, 5.41) is 0. The highest BCUT2D eigenvalue weighted by Crippen LogP contribution is 2.14. The summed E-state index contributed by atoms with van der Waals surface area (Å²) in [6.07, 6.45) is 0. The number of rotatable bonds is 2. The van der Waals surface area contributed by atoms with Crippen LogP contribution in [0.1, 0.15) is 20.7 Å². The maximum atomic E-state index is 12.3. The molecule has 1 aliphatic heterocycles. The fraction of sp³-hybridized carbons (Fsp3) is 0.385. The van der Waals surface area contributed by atoms with Gasteiger partial charge < -0.3 is 14.4 Å². The third-order valence-corrected chi connectivity index (χ3v) is 2.86. The van der Waals surface area contributed by atoms with E-state index in [4.69, 9.17) is 4.74 Å². The van der Waals surface area contributed by atoms with Gasteiger partial charge in [-0.15, -0.1) is 0 Å². The Morgan fingerprint density at radius 1 is 1.17 bits per heavy atom. The molecule has 0 aliphatic carbocycles. The molecule has 1 aromatic rings. The quantitative estimate of drug-likeness (QED) is 0.732. The zero-order valence-electron chi connectivity index (χ0n) is 10.2. The van der Waals surface area contributed by atoms with Crippen molar-refractivity contribution >= 4 is 11.9 Å². The molecule has 1 fully saturated rings. The summed E-state index contributed by atoms with van der Waals surface area (Å²) < 4.78 is 9.88. The highest BCUT2D eigenvalue weighted by Gasteiger charge is 2.23. The largest absolute Gasteiger partial charge is 0.465 e. The molecule has 0 radical (unpaired) electrons. The summed E-state index contributed by atoms with van der Waals surface area (Å²) in [7, 11) is 1.30. The molecule has 1 saturated heterocycles. The second-order valence-electron chi connectivity index (χ2n) is 3.94. The summed E-state index contributed by atoms with van der Waals surface area (Å²) in [5.41, 5.74) is 0.683. The Bertz CT molecular complexity index is 452. The van der Waals surface area contributed by atoms with Crippen molar-refractivity contribution in [1.82, 2.24) is 4.90 Å². The number of carbonyl (C=O) groups is 2. The Morgan fingerprint density at radius 2 is 1.78 bits per heavy atom. The van der Waals surface area contributed by atoms with Crippen LogP contribution in [0.3, 0.4) is 0 Å². The summed E-state index contributed by atoms with van der Waals surface area (Å²) in [6, 6.07) is 6.69. The topological polar surface area (TPSA) is 55.8 Å². The van der Waals surface area contributed by atoms with Crippen molar-refractivity contribution in [2.45, 2.75) is 0 Å². The Labute approximate surface area is 105 Å². The lowest BCUT2D eigenvalue weighted by Gasteiger charge is -2.27. The third-order valence-electron chi connectivity index (χ3n) is 2.86. The van der Waals surface area contributed by atoms with Gasteiger partial charge in [0.25, 0.3) is 5.91 Å². The van der Waals surface area contributed by atoms with Crippen LogP contribution in [-0.2, 0) is 9.47 Å². The molecule has 1 amide bonds. The molecule has 0 bridgehead atoms. The van der Waals surface area contributed by atoms with Crippen molar-refractivity contribution < 1.29 is 19.1 Å². The van der Waals surface area contributed by atoms with Gasteiger partial charge in [0, 0.05) is 13.1 Å².